The Labute approximate surface area is 123 Å². The van der Waals surface area contributed by atoms with Gasteiger partial charge in [-0.05, 0) is 29.5 Å². The summed E-state index contributed by atoms with van der Waals surface area (Å²) in [6.07, 6.45) is 0.975. The van der Waals surface area contributed by atoms with Crippen LogP contribution in [-0.4, -0.2) is 11.6 Å². The monoisotopic (exact) mass is 276 g/mol. The van der Waals surface area contributed by atoms with Crippen LogP contribution in [0.2, 0.25) is 0 Å². The van der Waals surface area contributed by atoms with E-state index in [4.69, 9.17) is 0 Å². The molecule has 2 heteroatoms. The molecule has 0 bridgehead atoms. The second-order valence-corrected chi connectivity index (χ2v) is 6.12. The third kappa shape index (κ3) is 1.72. The average Bonchev–Trinajstić information content (AvgIpc) is 2.48. The Balaban J connectivity index is 2.01. The highest BCUT2D eigenvalue weighted by Crippen LogP contribution is 2.47. The van der Waals surface area contributed by atoms with E-state index >= 15 is 0 Å². The van der Waals surface area contributed by atoms with Crippen LogP contribution in [0.5, 0.6) is 0 Å². The Morgan fingerprint density at radius 3 is 2.33 bits per heavy atom. The molecule has 2 aliphatic carbocycles. The van der Waals surface area contributed by atoms with E-state index in [1.54, 1.807) is 0 Å². The fourth-order valence-electron chi connectivity index (χ4n) is 4.01. The quantitative estimate of drug-likeness (QED) is 0.731. The van der Waals surface area contributed by atoms with E-state index in [0.29, 0.717) is 12.8 Å². The van der Waals surface area contributed by atoms with Crippen molar-refractivity contribution >= 4 is 11.6 Å². The van der Waals surface area contributed by atoms with Crippen LogP contribution >= 0.6 is 0 Å². The predicted molar refractivity (Wildman–Crippen MR) is 80.8 cm³/mol. The Morgan fingerprint density at radius 1 is 0.857 bits per heavy atom. The number of carbonyl (C=O) groups is 2. The van der Waals surface area contributed by atoms with Gasteiger partial charge in [0.25, 0.3) is 0 Å². The second-order valence-electron chi connectivity index (χ2n) is 6.12. The zero-order chi connectivity index (χ0) is 14.6. The van der Waals surface area contributed by atoms with Crippen LogP contribution < -0.4 is 0 Å². The molecule has 0 aromatic heterocycles. The van der Waals surface area contributed by atoms with E-state index in [1.165, 1.54) is 0 Å². The number of hydrogen-bond donors (Lipinski definition) is 0. The van der Waals surface area contributed by atoms with Crippen LogP contribution in [0.15, 0.2) is 42.5 Å². The van der Waals surface area contributed by atoms with Gasteiger partial charge in [0.15, 0.2) is 11.6 Å². The summed E-state index contributed by atoms with van der Waals surface area (Å²) in [6, 6.07) is 13.8. The molecule has 0 aliphatic heterocycles. The van der Waals surface area contributed by atoms with Crippen molar-refractivity contribution in [1.82, 2.24) is 0 Å². The zero-order valence-electron chi connectivity index (χ0n) is 11.9. The number of carbonyl (C=O) groups excluding carboxylic acids is 2. The van der Waals surface area contributed by atoms with E-state index in [-0.39, 0.29) is 23.4 Å². The van der Waals surface area contributed by atoms with Crippen molar-refractivity contribution in [1.29, 1.82) is 0 Å². The van der Waals surface area contributed by atoms with Crippen molar-refractivity contribution in [3.8, 4) is 0 Å². The van der Waals surface area contributed by atoms with Gasteiger partial charge in [0, 0.05) is 29.9 Å². The molecule has 0 unspecified atom stereocenters. The lowest BCUT2D eigenvalue weighted by molar-refractivity contribution is 0.0884. The highest BCUT2D eigenvalue weighted by molar-refractivity contribution is 6.04. The van der Waals surface area contributed by atoms with E-state index in [1.807, 2.05) is 30.3 Å². The molecular formula is C19H16O2. The van der Waals surface area contributed by atoms with E-state index < -0.39 is 0 Å². The number of aryl methyl sites for hydroxylation is 1. The van der Waals surface area contributed by atoms with Crippen LogP contribution in [0.4, 0.5) is 0 Å². The minimum absolute atomic E-state index is 0.119. The summed E-state index contributed by atoms with van der Waals surface area (Å²) < 4.78 is 0. The first-order valence-corrected chi connectivity index (χ1v) is 7.41. The molecule has 0 N–H and O–H groups in total. The summed E-state index contributed by atoms with van der Waals surface area (Å²) in [6.45, 7) is 2.06. The van der Waals surface area contributed by atoms with Crippen LogP contribution in [0.25, 0.3) is 0 Å². The summed E-state index contributed by atoms with van der Waals surface area (Å²) in [5.41, 5.74) is 5.07. The van der Waals surface area contributed by atoms with Gasteiger partial charge in [-0.25, -0.2) is 0 Å². The number of hydrogen-bond acceptors (Lipinski definition) is 2. The maximum absolute atomic E-state index is 12.4. The Kier molecular flexibility index (Phi) is 2.61. The maximum atomic E-state index is 12.4. The highest BCUT2D eigenvalue weighted by Gasteiger charge is 2.41. The largest absolute Gasteiger partial charge is 0.294 e. The summed E-state index contributed by atoms with van der Waals surface area (Å²) >= 11 is 0. The standard InChI is InChI=1S/C19H16O2/c1-11-5-4-8-15-17(21)10-12-9-16(20)13-6-2-3-7-14(13)19(12)18(11)15/h2-8,12,19H,9-10H2,1H3/t12-,19+/m0/s1. The molecule has 104 valence electrons. The first-order valence-electron chi connectivity index (χ1n) is 7.41. The first-order chi connectivity index (χ1) is 10.2. The molecule has 4 rings (SSSR count). The normalized spacial score (nSPS) is 23.3. The molecule has 0 saturated heterocycles. The molecule has 0 radical (unpaired) electrons. The molecule has 0 spiro atoms. The van der Waals surface area contributed by atoms with Gasteiger partial charge in [-0.3, -0.25) is 9.59 Å². The smallest absolute Gasteiger partial charge is 0.163 e. The Hall–Kier alpha value is -2.22. The maximum Gasteiger partial charge on any atom is 0.163 e. The van der Waals surface area contributed by atoms with E-state index in [0.717, 1.165) is 27.8 Å². The fourth-order valence-corrected chi connectivity index (χ4v) is 4.01. The van der Waals surface area contributed by atoms with Gasteiger partial charge >= 0.3 is 0 Å². The zero-order valence-corrected chi connectivity index (χ0v) is 11.9. The van der Waals surface area contributed by atoms with Gasteiger partial charge in [-0.2, -0.15) is 0 Å². The molecule has 2 nitrogen and oxygen atoms in total. The lowest BCUT2D eigenvalue weighted by Crippen LogP contribution is -2.33. The summed E-state index contributed by atoms with van der Waals surface area (Å²) in [7, 11) is 0. The third-order valence-electron chi connectivity index (χ3n) is 4.90. The fraction of sp³-hybridized carbons (Fsp3) is 0.263. The van der Waals surface area contributed by atoms with Crippen molar-refractivity contribution < 1.29 is 9.59 Å². The summed E-state index contributed by atoms with van der Waals surface area (Å²) in [4.78, 5) is 24.7. The Morgan fingerprint density at radius 2 is 1.52 bits per heavy atom. The molecule has 2 aromatic carbocycles. The van der Waals surface area contributed by atoms with Gasteiger partial charge in [-0.1, -0.05) is 42.5 Å². The van der Waals surface area contributed by atoms with Crippen molar-refractivity contribution in [3.63, 3.8) is 0 Å². The summed E-state index contributed by atoms with van der Waals surface area (Å²) in [5.74, 6) is 0.667. The Bertz CT molecular complexity index is 773. The van der Waals surface area contributed by atoms with Crippen LogP contribution in [0.3, 0.4) is 0 Å². The van der Waals surface area contributed by atoms with Crippen molar-refractivity contribution in [2.75, 3.05) is 0 Å². The first kappa shape index (κ1) is 12.5. The van der Waals surface area contributed by atoms with Crippen molar-refractivity contribution in [2.24, 2.45) is 5.92 Å². The second kappa shape index (κ2) is 4.39. The molecule has 2 aliphatic rings. The van der Waals surface area contributed by atoms with Gasteiger partial charge in [0.2, 0.25) is 0 Å². The summed E-state index contributed by atoms with van der Waals surface area (Å²) in [5, 5.41) is 0. The molecule has 2 aromatic rings. The van der Waals surface area contributed by atoms with Gasteiger partial charge < -0.3 is 0 Å². The number of Topliss-reactive ketones (excluding diaryl/α,β-unsaturated/α-hetero) is 2. The number of rotatable bonds is 0. The molecule has 0 fully saturated rings. The molecule has 21 heavy (non-hydrogen) atoms. The molecule has 0 amide bonds. The van der Waals surface area contributed by atoms with Gasteiger partial charge in [0.1, 0.15) is 0 Å². The van der Waals surface area contributed by atoms with Crippen LogP contribution in [0.1, 0.15) is 56.2 Å². The lowest BCUT2D eigenvalue weighted by Gasteiger charge is -2.38. The third-order valence-corrected chi connectivity index (χ3v) is 4.90. The molecule has 2 atom stereocenters. The number of ketones is 2. The van der Waals surface area contributed by atoms with Crippen LogP contribution in [-0.2, 0) is 0 Å². The van der Waals surface area contributed by atoms with Gasteiger partial charge in [0.05, 0.1) is 0 Å². The van der Waals surface area contributed by atoms with Gasteiger partial charge in [-0.15, -0.1) is 0 Å². The SMILES string of the molecule is Cc1cccc2c1[C@H]1c3ccccc3C(=O)C[C@H]1CC2=O. The minimum atomic E-state index is 0.119. The lowest BCUT2D eigenvalue weighted by atomic mass is 9.64. The van der Waals surface area contributed by atoms with E-state index in [2.05, 4.69) is 19.1 Å². The number of fused-ring (bicyclic) bond motifs is 5. The van der Waals surface area contributed by atoms with Crippen molar-refractivity contribution in [3.05, 3.63) is 70.3 Å². The predicted octanol–water partition coefficient (Wildman–Crippen LogP) is 3.92. The topological polar surface area (TPSA) is 34.1 Å². The highest BCUT2D eigenvalue weighted by atomic mass is 16.1. The molecular weight excluding hydrogens is 260 g/mol. The average molecular weight is 276 g/mol. The van der Waals surface area contributed by atoms with E-state index in [9.17, 15) is 9.59 Å². The minimum Gasteiger partial charge on any atom is -0.294 e. The van der Waals surface area contributed by atoms with Crippen molar-refractivity contribution in [2.45, 2.75) is 25.7 Å². The molecule has 0 saturated carbocycles. The molecule has 0 heterocycles. The number of benzene rings is 2. The van der Waals surface area contributed by atoms with Crippen LogP contribution in [0, 0.1) is 12.8 Å².